The van der Waals surface area contributed by atoms with E-state index in [1.54, 1.807) is 0 Å². The molecule has 2 heterocycles. The first-order chi connectivity index (χ1) is 18.2. The van der Waals surface area contributed by atoms with E-state index < -0.39 is 0 Å². The molecule has 0 unspecified atom stereocenters. The third-order valence-electron chi connectivity index (χ3n) is 6.90. The average Bonchev–Trinajstić information content (AvgIpc) is 3.37. The quantitative estimate of drug-likeness (QED) is 0.129. The van der Waals surface area contributed by atoms with Gasteiger partial charge in [-0.2, -0.15) is 0 Å². The summed E-state index contributed by atoms with van der Waals surface area (Å²) in [6.45, 7) is 5.29. The van der Waals surface area contributed by atoms with Gasteiger partial charge in [0.05, 0.1) is 5.52 Å². The molecule has 0 fully saturated rings. The van der Waals surface area contributed by atoms with E-state index in [0.29, 0.717) is 5.92 Å². The lowest BCUT2D eigenvalue weighted by Gasteiger charge is -2.11. The van der Waals surface area contributed by atoms with E-state index in [-0.39, 0.29) is 0 Å². The van der Waals surface area contributed by atoms with Crippen molar-refractivity contribution in [2.45, 2.75) is 84.0 Å². The maximum absolute atomic E-state index is 5.55. The summed E-state index contributed by atoms with van der Waals surface area (Å²) in [5.74, 6) is 8.95. The molecule has 0 spiro atoms. The number of benzene rings is 2. The van der Waals surface area contributed by atoms with Gasteiger partial charge in [-0.15, -0.1) is 0 Å². The van der Waals surface area contributed by atoms with Crippen molar-refractivity contribution >= 4 is 33.4 Å². The van der Waals surface area contributed by atoms with Crippen LogP contribution in [0.3, 0.4) is 0 Å². The minimum Gasteiger partial charge on any atom is -0.339 e. The van der Waals surface area contributed by atoms with Gasteiger partial charge < -0.3 is 16.0 Å². The number of unbranched alkanes of at least 4 members (excludes halogenated alkanes) is 5. The molecule has 5 nitrogen and oxygen atoms in total. The van der Waals surface area contributed by atoms with Crippen molar-refractivity contribution in [1.29, 1.82) is 0 Å². The third-order valence-corrected chi connectivity index (χ3v) is 6.90. The molecule has 0 saturated carbocycles. The molecule has 0 aliphatic carbocycles. The number of nitrogens with one attached hydrogen (secondary N) is 2. The smallest absolute Gasteiger partial charge is 0.157 e. The number of aromatic amines is 1. The van der Waals surface area contributed by atoms with Crippen LogP contribution in [0.5, 0.6) is 0 Å². The molecule has 0 bridgehead atoms. The SMILES string of the molecule is CCCC(CCC)c1nc2c([nH]1)c(Nc1ccc(C#CCCCCCCCN)cc1)nc1ccccc12. The topological polar surface area (TPSA) is 79.6 Å². The number of rotatable bonds is 13. The predicted molar refractivity (Wildman–Crippen MR) is 157 cm³/mol. The summed E-state index contributed by atoms with van der Waals surface area (Å²) in [5, 5.41) is 4.63. The molecule has 4 rings (SSSR count). The van der Waals surface area contributed by atoms with Gasteiger partial charge in [-0.1, -0.05) is 76.0 Å². The monoisotopic (exact) mass is 495 g/mol. The van der Waals surface area contributed by atoms with Crippen LogP contribution in [0.1, 0.15) is 95.4 Å². The number of para-hydroxylation sites is 1. The highest BCUT2D eigenvalue weighted by atomic mass is 15.0. The lowest BCUT2D eigenvalue weighted by atomic mass is 9.98. The first-order valence-corrected chi connectivity index (χ1v) is 14.1. The van der Waals surface area contributed by atoms with Crippen molar-refractivity contribution in [2.24, 2.45) is 5.73 Å². The number of imidazole rings is 1. The van der Waals surface area contributed by atoms with Crippen LogP contribution < -0.4 is 11.1 Å². The molecule has 194 valence electrons. The first-order valence-electron chi connectivity index (χ1n) is 14.1. The molecule has 2 aromatic heterocycles. The van der Waals surface area contributed by atoms with E-state index in [1.165, 1.54) is 19.3 Å². The minimum absolute atomic E-state index is 0.442. The Morgan fingerprint density at radius 3 is 2.38 bits per heavy atom. The third kappa shape index (κ3) is 7.11. The van der Waals surface area contributed by atoms with Crippen LogP contribution in [0.15, 0.2) is 48.5 Å². The van der Waals surface area contributed by atoms with Crippen LogP contribution in [0, 0.1) is 11.8 Å². The molecule has 37 heavy (non-hydrogen) atoms. The molecule has 4 N–H and O–H groups in total. The van der Waals surface area contributed by atoms with Gasteiger partial charge >= 0.3 is 0 Å². The lowest BCUT2D eigenvalue weighted by molar-refractivity contribution is 0.539. The number of nitrogens with zero attached hydrogens (tertiary/aromatic N) is 2. The highest BCUT2D eigenvalue weighted by molar-refractivity contribution is 6.07. The number of aromatic nitrogens is 3. The minimum atomic E-state index is 0.442. The van der Waals surface area contributed by atoms with E-state index >= 15 is 0 Å². The first kappa shape index (κ1) is 26.7. The maximum atomic E-state index is 5.55. The zero-order chi connectivity index (χ0) is 25.9. The summed E-state index contributed by atoms with van der Waals surface area (Å²) in [6.07, 6.45) is 11.5. The van der Waals surface area contributed by atoms with Crippen molar-refractivity contribution < 1.29 is 0 Å². The van der Waals surface area contributed by atoms with Crippen LogP contribution in [0.25, 0.3) is 21.9 Å². The molecule has 0 amide bonds. The van der Waals surface area contributed by atoms with E-state index in [1.807, 2.05) is 6.07 Å². The van der Waals surface area contributed by atoms with Crippen LogP contribution in [-0.2, 0) is 0 Å². The van der Waals surface area contributed by atoms with Gasteiger partial charge in [0.1, 0.15) is 16.9 Å². The molecule has 0 aliphatic heterocycles. The summed E-state index contributed by atoms with van der Waals surface area (Å²) in [4.78, 5) is 13.7. The summed E-state index contributed by atoms with van der Waals surface area (Å²) < 4.78 is 0. The molecular formula is C32H41N5. The van der Waals surface area contributed by atoms with Crippen LogP contribution in [0.2, 0.25) is 0 Å². The lowest BCUT2D eigenvalue weighted by Crippen LogP contribution is -2.00. The van der Waals surface area contributed by atoms with Crippen molar-refractivity contribution in [1.82, 2.24) is 15.0 Å². The zero-order valence-electron chi connectivity index (χ0n) is 22.4. The highest BCUT2D eigenvalue weighted by Crippen LogP contribution is 2.33. The molecule has 0 saturated heterocycles. The normalized spacial score (nSPS) is 11.2. The number of hydrogen-bond acceptors (Lipinski definition) is 4. The number of H-pyrrole nitrogens is 1. The van der Waals surface area contributed by atoms with Gasteiger partial charge in [-0.3, -0.25) is 0 Å². The van der Waals surface area contributed by atoms with Crippen LogP contribution in [-0.4, -0.2) is 21.5 Å². The number of anilines is 2. The second kappa shape index (κ2) is 13.8. The summed E-state index contributed by atoms with van der Waals surface area (Å²) in [5.41, 5.74) is 10.5. The molecule has 0 atom stereocenters. The van der Waals surface area contributed by atoms with Crippen LogP contribution >= 0.6 is 0 Å². The number of fused-ring (bicyclic) bond motifs is 3. The second-order valence-electron chi connectivity index (χ2n) is 9.91. The number of nitrogens with two attached hydrogens (primary N) is 1. The maximum Gasteiger partial charge on any atom is 0.157 e. The summed E-state index contributed by atoms with van der Waals surface area (Å²) >= 11 is 0. The summed E-state index contributed by atoms with van der Waals surface area (Å²) in [7, 11) is 0. The Bertz CT molecular complexity index is 1320. The molecular weight excluding hydrogens is 454 g/mol. The number of pyridine rings is 1. The van der Waals surface area contributed by atoms with Gasteiger partial charge in [-0.25, -0.2) is 9.97 Å². The van der Waals surface area contributed by atoms with Crippen molar-refractivity contribution in [3.05, 3.63) is 59.9 Å². The van der Waals surface area contributed by atoms with E-state index in [0.717, 1.165) is 96.3 Å². The molecule has 5 heteroatoms. The zero-order valence-corrected chi connectivity index (χ0v) is 22.4. The van der Waals surface area contributed by atoms with Crippen molar-refractivity contribution in [2.75, 3.05) is 11.9 Å². The Morgan fingerprint density at radius 2 is 1.62 bits per heavy atom. The van der Waals surface area contributed by atoms with Gasteiger partial charge in [0.15, 0.2) is 5.82 Å². The fourth-order valence-electron chi connectivity index (χ4n) is 4.93. The van der Waals surface area contributed by atoms with E-state index in [4.69, 9.17) is 15.7 Å². The Balaban J connectivity index is 1.51. The summed E-state index contributed by atoms with van der Waals surface area (Å²) in [6, 6.07) is 16.6. The van der Waals surface area contributed by atoms with Gasteiger partial charge in [0.25, 0.3) is 0 Å². The standard InChI is InChI=1S/C32H41N5/c1-3-14-25(15-4-2)31-36-29-27-17-11-12-18-28(27)35-32(30(29)37-31)34-26-21-19-24(20-22-26)16-10-8-6-5-7-9-13-23-33/h11-12,17-22,25H,3-9,13-15,23,33H2,1-2H3,(H,34,35)(H,36,37). The van der Waals surface area contributed by atoms with Crippen LogP contribution in [0.4, 0.5) is 11.5 Å². The molecule has 2 aromatic carbocycles. The average molecular weight is 496 g/mol. The largest absolute Gasteiger partial charge is 0.339 e. The molecule has 4 aromatic rings. The second-order valence-corrected chi connectivity index (χ2v) is 9.91. The Kier molecular flexibility index (Phi) is 9.97. The highest BCUT2D eigenvalue weighted by Gasteiger charge is 2.18. The Labute approximate surface area is 221 Å². The molecule has 0 radical (unpaired) electrons. The van der Waals surface area contributed by atoms with E-state index in [2.05, 4.69) is 78.5 Å². The van der Waals surface area contributed by atoms with Gasteiger partial charge in [-0.05, 0) is 62.6 Å². The van der Waals surface area contributed by atoms with Gasteiger partial charge in [0.2, 0.25) is 0 Å². The number of hydrogen-bond donors (Lipinski definition) is 3. The Hall–Kier alpha value is -3.36. The van der Waals surface area contributed by atoms with Gasteiger partial charge in [0, 0.05) is 29.0 Å². The molecule has 0 aliphatic rings. The Morgan fingerprint density at radius 1 is 0.892 bits per heavy atom. The van der Waals surface area contributed by atoms with Crippen molar-refractivity contribution in [3.8, 4) is 11.8 Å². The van der Waals surface area contributed by atoms with Crippen molar-refractivity contribution in [3.63, 3.8) is 0 Å². The fourth-order valence-corrected chi connectivity index (χ4v) is 4.93. The fraction of sp³-hybridized carbons (Fsp3) is 0.438. The van der Waals surface area contributed by atoms with E-state index in [9.17, 15) is 0 Å². The predicted octanol–water partition coefficient (Wildman–Crippen LogP) is 8.19.